The second-order valence-corrected chi connectivity index (χ2v) is 9.02. The van der Waals surface area contributed by atoms with E-state index < -0.39 is 10.0 Å². The van der Waals surface area contributed by atoms with Crippen molar-refractivity contribution in [1.29, 1.82) is 0 Å². The molecule has 1 aromatic heterocycles. The molecule has 1 amide bonds. The lowest BCUT2D eigenvalue weighted by Gasteiger charge is -2.22. The fourth-order valence-electron chi connectivity index (χ4n) is 3.26. The van der Waals surface area contributed by atoms with E-state index >= 15 is 0 Å². The summed E-state index contributed by atoms with van der Waals surface area (Å²) in [5, 5.41) is 0. The fraction of sp³-hybridized carbons (Fsp3) is 0.722. The van der Waals surface area contributed by atoms with E-state index in [1.54, 1.807) is 4.31 Å². The molecule has 0 radical (unpaired) electrons. The molecule has 0 unspecified atom stereocenters. The molecule has 0 aliphatic carbocycles. The van der Waals surface area contributed by atoms with Crippen LogP contribution in [0.5, 0.6) is 0 Å². The van der Waals surface area contributed by atoms with Gasteiger partial charge in [-0.3, -0.25) is 4.79 Å². The Hall–Kier alpha value is -1.34. The van der Waals surface area contributed by atoms with Gasteiger partial charge in [0.2, 0.25) is 15.9 Å². The molecule has 0 N–H and O–H groups in total. The average Bonchev–Trinajstić information content (AvgIpc) is 2.79. The number of sulfonamides is 1. The maximum absolute atomic E-state index is 12.7. The molecule has 25 heavy (non-hydrogen) atoms. The minimum absolute atomic E-state index is 0.0847. The lowest BCUT2D eigenvalue weighted by molar-refractivity contribution is -0.130. The molecule has 2 rings (SSSR count). The van der Waals surface area contributed by atoms with Gasteiger partial charge in [-0.15, -0.1) is 0 Å². The molecule has 0 saturated carbocycles. The first-order valence-corrected chi connectivity index (χ1v) is 10.7. The molecule has 0 spiro atoms. The highest BCUT2D eigenvalue weighted by atomic mass is 32.2. The molecule has 0 atom stereocenters. The first-order chi connectivity index (χ1) is 11.8. The highest BCUT2D eigenvalue weighted by Gasteiger charge is 2.26. The highest BCUT2D eigenvalue weighted by Crippen LogP contribution is 2.16. The molecule has 1 aliphatic heterocycles. The number of carbonyl (C=O) groups excluding carboxylic acids is 1. The monoisotopic (exact) mass is 369 g/mol. The Morgan fingerprint density at radius 1 is 1.16 bits per heavy atom. The fourth-order valence-corrected chi connectivity index (χ4v) is 4.94. The number of amides is 1. The van der Waals surface area contributed by atoms with Gasteiger partial charge in [-0.2, -0.15) is 0 Å². The Labute approximate surface area is 151 Å². The van der Waals surface area contributed by atoms with Crippen molar-refractivity contribution in [1.82, 2.24) is 13.8 Å². The summed E-state index contributed by atoms with van der Waals surface area (Å²) in [6, 6.07) is 2.06. The van der Waals surface area contributed by atoms with Gasteiger partial charge in [0.1, 0.15) is 0 Å². The number of nitrogens with zero attached hydrogens (tertiary/aromatic N) is 3. The molecule has 1 fully saturated rings. The van der Waals surface area contributed by atoms with Crippen molar-refractivity contribution >= 4 is 15.9 Å². The third kappa shape index (κ3) is 4.85. The van der Waals surface area contributed by atoms with Gasteiger partial charge in [-0.05, 0) is 38.3 Å². The van der Waals surface area contributed by atoms with Crippen LogP contribution in [0.4, 0.5) is 0 Å². The molecule has 1 aromatic rings. The van der Waals surface area contributed by atoms with E-state index in [1.165, 1.54) is 0 Å². The molecule has 6 nitrogen and oxygen atoms in total. The predicted octanol–water partition coefficient (Wildman–Crippen LogP) is 1.85. The van der Waals surface area contributed by atoms with Crippen LogP contribution in [0.2, 0.25) is 0 Å². The van der Waals surface area contributed by atoms with E-state index in [-0.39, 0.29) is 11.7 Å². The quantitative estimate of drug-likeness (QED) is 0.769. The summed E-state index contributed by atoms with van der Waals surface area (Å²) in [7, 11) is -1.19. The Morgan fingerprint density at radius 2 is 1.88 bits per heavy atom. The molecule has 0 aromatic carbocycles. The zero-order chi connectivity index (χ0) is 18.6. The molecule has 2 heterocycles. The second kappa shape index (κ2) is 8.36. The van der Waals surface area contributed by atoms with Crippen LogP contribution in [-0.2, 0) is 28.3 Å². The number of rotatable bonds is 6. The summed E-state index contributed by atoms with van der Waals surface area (Å²) in [6.45, 7) is 8.08. The number of hydrogen-bond acceptors (Lipinski definition) is 3. The van der Waals surface area contributed by atoms with Crippen LogP contribution >= 0.6 is 0 Å². The molecule has 1 aliphatic rings. The van der Waals surface area contributed by atoms with Crippen molar-refractivity contribution in [3.8, 4) is 0 Å². The van der Waals surface area contributed by atoms with Gasteiger partial charge in [0.15, 0.2) is 0 Å². The predicted molar refractivity (Wildman–Crippen MR) is 100 cm³/mol. The van der Waals surface area contributed by atoms with Crippen molar-refractivity contribution in [2.45, 2.75) is 46.5 Å². The van der Waals surface area contributed by atoms with E-state index in [2.05, 4.69) is 10.6 Å². The van der Waals surface area contributed by atoms with E-state index in [0.717, 1.165) is 23.4 Å². The minimum atomic E-state index is -3.19. The van der Waals surface area contributed by atoms with E-state index in [4.69, 9.17) is 0 Å². The zero-order valence-corrected chi connectivity index (χ0v) is 16.7. The summed E-state index contributed by atoms with van der Waals surface area (Å²) in [5.41, 5.74) is 3.32. The van der Waals surface area contributed by atoms with Crippen LogP contribution < -0.4 is 0 Å². The van der Waals surface area contributed by atoms with E-state index in [1.807, 2.05) is 32.7 Å². The van der Waals surface area contributed by atoms with Crippen LogP contribution in [0, 0.1) is 13.8 Å². The largest absolute Gasteiger partial charge is 0.352 e. The molecule has 7 heteroatoms. The Kier molecular flexibility index (Phi) is 6.68. The van der Waals surface area contributed by atoms with Crippen molar-refractivity contribution in [3.63, 3.8) is 0 Å². The van der Waals surface area contributed by atoms with Crippen LogP contribution in [-0.4, -0.2) is 60.0 Å². The van der Waals surface area contributed by atoms with Crippen LogP contribution in [0.3, 0.4) is 0 Å². The normalized spacial score (nSPS) is 16.9. The zero-order valence-electron chi connectivity index (χ0n) is 15.9. The van der Waals surface area contributed by atoms with E-state index in [9.17, 15) is 13.2 Å². The molecule has 1 saturated heterocycles. The third-order valence-electron chi connectivity index (χ3n) is 5.18. The lowest BCUT2D eigenvalue weighted by Crippen LogP contribution is -2.38. The topological polar surface area (TPSA) is 62.6 Å². The van der Waals surface area contributed by atoms with Crippen molar-refractivity contribution in [2.24, 2.45) is 7.05 Å². The van der Waals surface area contributed by atoms with Crippen molar-refractivity contribution in [2.75, 3.05) is 31.9 Å². The standard InChI is InChI=1S/C18H31N3O3S/c1-5-6-12-25(23,24)21-9-7-8-20(10-11-21)18(22)14-17-13-15(2)19(4)16(17)3/h13H,5-12,14H2,1-4H3. The number of carbonyl (C=O) groups is 1. The Bertz CT molecular complexity index is 709. The number of aryl methyl sites for hydroxylation is 1. The minimum Gasteiger partial charge on any atom is -0.352 e. The van der Waals surface area contributed by atoms with Gasteiger partial charge in [-0.1, -0.05) is 13.3 Å². The Morgan fingerprint density at radius 3 is 2.48 bits per heavy atom. The van der Waals surface area contributed by atoms with Gasteiger partial charge in [0.05, 0.1) is 12.2 Å². The lowest BCUT2D eigenvalue weighted by atomic mass is 10.1. The van der Waals surface area contributed by atoms with Gasteiger partial charge < -0.3 is 9.47 Å². The maximum atomic E-state index is 12.7. The van der Waals surface area contributed by atoms with Crippen LogP contribution in [0.1, 0.15) is 43.1 Å². The van der Waals surface area contributed by atoms with Crippen molar-refractivity contribution in [3.05, 3.63) is 23.0 Å². The van der Waals surface area contributed by atoms with Gasteiger partial charge in [-0.25, -0.2) is 12.7 Å². The highest BCUT2D eigenvalue weighted by molar-refractivity contribution is 7.89. The summed E-state index contributed by atoms with van der Waals surface area (Å²) in [5.74, 6) is 0.293. The van der Waals surface area contributed by atoms with Crippen LogP contribution in [0.25, 0.3) is 0 Å². The molecular weight excluding hydrogens is 338 g/mol. The molecule has 142 valence electrons. The molecule has 0 bridgehead atoms. The summed E-state index contributed by atoms with van der Waals surface area (Å²) < 4.78 is 28.4. The van der Waals surface area contributed by atoms with Gasteiger partial charge in [0, 0.05) is 44.6 Å². The first-order valence-electron chi connectivity index (χ1n) is 9.13. The Balaban J connectivity index is 1.98. The summed E-state index contributed by atoms with van der Waals surface area (Å²) >= 11 is 0. The summed E-state index contributed by atoms with van der Waals surface area (Å²) in [4.78, 5) is 14.5. The number of unbranched alkanes of at least 4 members (excludes halogenated alkanes) is 1. The van der Waals surface area contributed by atoms with Crippen molar-refractivity contribution < 1.29 is 13.2 Å². The van der Waals surface area contributed by atoms with Gasteiger partial charge in [0.25, 0.3) is 0 Å². The molecular formula is C18H31N3O3S. The number of hydrogen-bond donors (Lipinski definition) is 0. The van der Waals surface area contributed by atoms with E-state index in [0.29, 0.717) is 45.4 Å². The second-order valence-electron chi connectivity index (χ2n) is 6.94. The number of aromatic nitrogens is 1. The maximum Gasteiger partial charge on any atom is 0.227 e. The first kappa shape index (κ1) is 20.0. The van der Waals surface area contributed by atoms with Gasteiger partial charge >= 0.3 is 0 Å². The third-order valence-corrected chi connectivity index (χ3v) is 7.14. The SMILES string of the molecule is CCCCS(=O)(=O)N1CCCN(C(=O)Cc2cc(C)n(C)c2C)CC1. The van der Waals surface area contributed by atoms with Crippen LogP contribution in [0.15, 0.2) is 6.07 Å². The smallest absolute Gasteiger partial charge is 0.227 e. The summed E-state index contributed by atoms with van der Waals surface area (Å²) in [6.07, 6.45) is 2.64. The average molecular weight is 370 g/mol.